The summed E-state index contributed by atoms with van der Waals surface area (Å²) in [4.78, 5) is 42.4. The van der Waals surface area contributed by atoms with Crippen LogP contribution in [0.15, 0.2) is 30.6 Å². The Kier molecular flexibility index (Phi) is 5.74. The number of benzene rings is 1. The highest BCUT2D eigenvalue weighted by molar-refractivity contribution is 6.00. The van der Waals surface area contributed by atoms with E-state index < -0.39 is 0 Å². The van der Waals surface area contributed by atoms with E-state index in [-0.39, 0.29) is 23.8 Å². The number of carbonyl (C=O) groups is 3. The van der Waals surface area contributed by atoms with Crippen LogP contribution in [-0.2, 0) is 16.6 Å². The Bertz CT molecular complexity index is 873. The third-order valence-corrected chi connectivity index (χ3v) is 4.48. The average molecular weight is 384 g/mol. The van der Waals surface area contributed by atoms with Crippen LogP contribution in [0.5, 0.6) is 0 Å². The number of aryl methyl sites for hydroxylation is 1. The first-order chi connectivity index (χ1) is 13.3. The molecule has 9 nitrogen and oxygen atoms in total. The van der Waals surface area contributed by atoms with Gasteiger partial charge in [0.05, 0.1) is 0 Å². The minimum Gasteiger partial charge on any atom is -0.336 e. The number of imidazole rings is 1. The summed E-state index contributed by atoms with van der Waals surface area (Å²) < 4.78 is 1.90. The van der Waals surface area contributed by atoms with Crippen molar-refractivity contribution < 1.29 is 14.4 Å². The van der Waals surface area contributed by atoms with E-state index in [1.54, 1.807) is 29.3 Å². The van der Waals surface area contributed by atoms with Crippen molar-refractivity contribution in [3.05, 3.63) is 42.0 Å². The molecule has 9 heteroatoms. The maximum Gasteiger partial charge on any atom is 0.254 e. The molecular weight excluding hydrogens is 360 g/mol. The summed E-state index contributed by atoms with van der Waals surface area (Å²) >= 11 is 0. The van der Waals surface area contributed by atoms with Gasteiger partial charge in [0.25, 0.3) is 5.91 Å². The van der Waals surface area contributed by atoms with Gasteiger partial charge >= 0.3 is 0 Å². The van der Waals surface area contributed by atoms with Gasteiger partial charge in [0.15, 0.2) is 0 Å². The molecule has 1 fully saturated rings. The van der Waals surface area contributed by atoms with Gasteiger partial charge in [-0.05, 0) is 18.2 Å². The first kappa shape index (κ1) is 19.6. The third-order valence-electron chi connectivity index (χ3n) is 4.48. The normalized spacial score (nSPS) is 16.5. The van der Waals surface area contributed by atoms with Crippen LogP contribution < -0.4 is 16.0 Å². The van der Waals surface area contributed by atoms with Crippen molar-refractivity contribution in [2.45, 2.75) is 19.9 Å². The highest BCUT2D eigenvalue weighted by atomic mass is 16.2. The van der Waals surface area contributed by atoms with E-state index in [0.717, 1.165) is 5.82 Å². The number of amides is 3. The van der Waals surface area contributed by atoms with E-state index in [0.29, 0.717) is 36.6 Å². The van der Waals surface area contributed by atoms with Gasteiger partial charge in [-0.25, -0.2) is 4.98 Å². The molecule has 3 N–H and O–H groups in total. The molecule has 3 rings (SSSR count). The highest BCUT2D eigenvalue weighted by Gasteiger charge is 2.31. The molecule has 1 aliphatic rings. The van der Waals surface area contributed by atoms with Crippen molar-refractivity contribution in [3.8, 4) is 0 Å². The lowest BCUT2D eigenvalue weighted by molar-refractivity contribution is -0.115. The van der Waals surface area contributed by atoms with E-state index in [1.807, 2.05) is 17.8 Å². The number of hydrogen-bond donors (Lipinski definition) is 3. The molecule has 0 spiro atoms. The Morgan fingerprint density at radius 1 is 1.11 bits per heavy atom. The number of hydrogen-bond acceptors (Lipinski definition) is 5. The smallest absolute Gasteiger partial charge is 0.254 e. The summed E-state index contributed by atoms with van der Waals surface area (Å²) in [6.45, 7) is 4.58. The number of nitrogens with one attached hydrogen (secondary N) is 3. The zero-order chi connectivity index (χ0) is 20.3. The fourth-order valence-corrected chi connectivity index (χ4v) is 3.34. The fourth-order valence-electron chi connectivity index (χ4n) is 3.34. The molecule has 1 aromatic heterocycles. The summed E-state index contributed by atoms with van der Waals surface area (Å²) in [6.07, 6.45) is 3.55. The van der Waals surface area contributed by atoms with E-state index >= 15 is 0 Å². The van der Waals surface area contributed by atoms with Crippen LogP contribution in [-0.4, -0.2) is 51.8 Å². The van der Waals surface area contributed by atoms with Gasteiger partial charge in [-0.2, -0.15) is 0 Å². The third kappa shape index (κ3) is 4.37. The minimum absolute atomic E-state index is 0.187. The van der Waals surface area contributed by atoms with Crippen LogP contribution in [0, 0.1) is 0 Å². The first-order valence-corrected chi connectivity index (χ1v) is 9.04. The predicted molar refractivity (Wildman–Crippen MR) is 105 cm³/mol. The Balaban J connectivity index is 1.95. The summed E-state index contributed by atoms with van der Waals surface area (Å²) in [5, 5.41) is 8.65. The van der Waals surface area contributed by atoms with E-state index in [9.17, 15) is 14.4 Å². The number of nitrogens with zero attached hydrogens (tertiary/aromatic N) is 3. The van der Waals surface area contributed by atoms with Crippen molar-refractivity contribution in [1.82, 2.24) is 19.8 Å². The predicted octanol–water partition coefficient (Wildman–Crippen LogP) is 1.12. The molecule has 1 aromatic carbocycles. The standard InChI is InChI=1S/C19H24N6O3/c1-12(26)22-15-8-14(9-16(10-15)23-13(2)27)19(28)25-7-4-20-11-17(25)18-21-5-6-24(18)3/h5-6,8-10,17,20H,4,7,11H2,1-3H3,(H,22,26)(H,23,27). The molecule has 0 aliphatic carbocycles. The van der Waals surface area contributed by atoms with Crippen molar-refractivity contribution in [1.29, 1.82) is 0 Å². The lowest BCUT2D eigenvalue weighted by Crippen LogP contribution is -2.49. The van der Waals surface area contributed by atoms with Gasteiger partial charge in [0.2, 0.25) is 11.8 Å². The van der Waals surface area contributed by atoms with Gasteiger partial charge in [-0.15, -0.1) is 0 Å². The molecule has 2 heterocycles. The number of piperazine rings is 1. The van der Waals surface area contributed by atoms with E-state index in [2.05, 4.69) is 20.9 Å². The van der Waals surface area contributed by atoms with Crippen LogP contribution in [0.4, 0.5) is 11.4 Å². The molecule has 0 saturated carbocycles. The lowest BCUT2D eigenvalue weighted by Gasteiger charge is -2.36. The molecule has 1 aliphatic heterocycles. The van der Waals surface area contributed by atoms with Crippen molar-refractivity contribution in [2.24, 2.45) is 7.05 Å². The Labute approximate surface area is 163 Å². The molecule has 28 heavy (non-hydrogen) atoms. The van der Waals surface area contributed by atoms with Gasteiger partial charge in [-0.1, -0.05) is 0 Å². The van der Waals surface area contributed by atoms with Crippen molar-refractivity contribution in [2.75, 3.05) is 30.3 Å². The molecule has 1 atom stereocenters. The fraction of sp³-hybridized carbons (Fsp3) is 0.368. The summed E-state index contributed by atoms with van der Waals surface area (Å²) in [6, 6.07) is 4.64. The van der Waals surface area contributed by atoms with Gasteiger partial charge < -0.3 is 25.4 Å². The summed E-state index contributed by atoms with van der Waals surface area (Å²) in [7, 11) is 1.89. The molecule has 0 bridgehead atoms. The van der Waals surface area contributed by atoms with Gasteiger partial charge in [-0.3, -0.25) is 14.4 Å². The molecule has 1 unspecified atom stereocenters. The van der Waals surface area contributed by atoms with Crippen molar-refractivity contribution in [3.63, 3.8) is 0 Å². The zero-order valence-corrected chi connectivity index (χ0v) is 16.2. The maximum atomic E-state index is 13.3. The number of anilines is 2. The molecule has 1 saturated heterocycles. The van der Waals surface area contributed by atoms with Crippen LogP contribution in [0.1, 0.15) is 36.1 Å². The number of rotatable bonds is 4. The van der Waals surface area contributed by atoms with E-state index in [1.165, 1.54) is 13.8 Å². The Morgan fingerprint density at radius 3 is 2.29 bits per heavy atom. The minimum atomic E-state index is -0.258. The van der Waals surface area contributed by atoms with Crippen LogP contribution >= 0.6 is 0 Å². The van der Waals surface area contributed by atoms with Crippen LogP contribution in [0.3, 0.4) is 0 Å². The molecule has 0 radical (unpaired) electrons. The van der Waals surface area contributed by atoms with E-state index in [4.69, 9.17) is 0 Å². The molecule has 2 aromatic rings. The highest BCUT2D eigenvalue weighted by Crippen LogP contribution is 2.26. The maximum absolute atomic E-state index is 13.3. The Morgan fingerprint density at radius 2 is 1.75 bits per heavy atom. The Hall–Kier alpha value is -3.20. The van der Waals surface area contributed by atoms with Crippen LogP contribution in [0.25, 0.3) is 0 Å². The first-order valence-electron chi connectivity index (χ1n) is 9.04. The van der Waals surface area contributed by atoms with Gasteiger partial charge in [0.1, 0.15) is 11.9 Å². The number of aromatic nitrogens is 2. The summed E-state index contributed by atoms with van der Waals surface area (Å²) in [5.41, 5.74) is 1.28. The van der Waals surface area contributed by atoms with Crippen molar-refractivity contribution >= 4 is 29.1 Å². The lowest BCUT2D eigenvalue weighted by atomic mass is 10.1. The topological polar surface area (TPSA) is 108 Å². The van der Waals surface area contributed by atoms with Gasteiger partial charge in [0, 0.05) is 69.9 Å². The average Bonchev–Trinajstić information content (AvgIpc) is 3.05. The second kappa shape index (κ2) is 8.22. The second-order valence-electron chi connectivity index (χ2n) is 6.78. The number of carbonyl (C=O) groups excluding carboxylic acids is 3. The summed E-state index contributed by atoms with van der Waals surface area (Å²) in [5.74, 6) is 0.0896. The zero-order valence-electron chi connectivity index (χ0n) is 16.2. The van der Waals surface area contributed by atoms with Crippen LogP contribution in [0.2, 0.25) is 0 Å². The molecule has 3 amide bonds. The largest absolute Gasteiger partial charge is 0.336 e. The SMILES string of the molecule is CC(=O)Nc1cc(NC(C)=O)cc(C(=O)N2CCNCC2c2nccn2C)c1. The second-order valence-corrected chi connectivity index (χ2v) is 6.78. The monoisotopic (exact) mass is 384 g/mol. The quantitative estimate of drug-likeness (QED) is 0.732. The molecule has 148 valence electrons. The molecular formula is C19H24N6O3.